The molecule has 6 nitrogen and oxygen atoms in total. The number of amides is 2. The number of benzene rings is 2. The molecule has 204 valence electrons. The molecule has 2 amide bonds. The SMILES string of the molecule is Cc1cc(C2=NOC(c3cc(Cl)cc(Cl)c3)(C(F)(F)F)C2)ccc1C(=O)NC1(C(=O)NCC(F)(F)F)CC1. The summed E-state index contributed by atoms with van der Waals surface area (Å²) >= 11 is 11.8. The number of aryl methyl sites for hydroxylation is 1. The van der Waals surface area contributed by atoms with Crippen molar-refractivity contribution in [3.05, 3.63) is 68.7 Å². The maximum atomic E-state index is 14.2. The summed E-state index contributed by atoms with van der Waals surface area (Å²) in [6, 6.07) is 7.60. The van der Waals surface area contributed by atoms with Gasteiger partial charge in [-0.05, 0) is 61.2 Å². The van der Waals surface area contributed by atoms with Gasteiger partial charge < -0.3 is 15.5 Å². The van der Waals surface area contributed by atoms with Gasteiger partial charge in [-0.2, -0.15) is 26.3 Å². The molecule has 0 bridgehead atoms. The molecule has 38 heavy (non-hydrogen) atoms. The lowest BCUT2D eigenvalue weighted by Crippen LogP contribution is -2.50. The zero-order chi connectivity index (χ0) is 28.1. The van der Waals surface area contributed by atoms with E-state index in [9.17, 15) is 35.9 Å². The van der Waals surface area contributed by atoms with Crippen LogP contribution in [0.5, 0.6) is 0 Å². The first-order chi connectivity index (χ1) is 17.6. The standard InChI is InChI=1S/C24H19Cl2F6N3O3/c1-12-6-13(2-3-17(12)19(36)34-21(4-5-21)20(37)33-11-23(27,28)29)18-10-22(38-35-18,24(30,31)32)14-7-15(25)9-16(26)8-14/h2-3,6-9H,4-5,10-11H2,1H3,(H,33,37)(H,34,36). The lowest BCUT2D eigenvalue weighted by molar-refractivity contribution is -0.275. The molecule has 1 aliphatic carbocycles. The van der Waals surface area contributed by atoms with E-state index >= 15 is 0 Å². The molecule has 0 aromatic heterocycles. The summed E-state index contributed by atoms with van der Waals surface area (Å²) in [6.07, 6.45) is -9.84. The van der Waals surface area contributed by atoms with Crippen molar-refractivity contribution in [1.29, 1.82) is 0 Å². The van der Waals surface area contributed by atoms with E-state index in [0.717, 1.165) is 12.1 Å². The second-order valence-corrected chi connectivity index (χ2v) is 10.0. The topological polar surface area (TPSA) is 79.8 Å². The van der Waals surface area contributed by atoms with E-state index in [4.69, 9.17) is 28.0 Å². The van der Waals surface area contributed by atoms with Crippen LogP contribution in [0.2, 0.25) is 10.0 Å². The monoisotopic (exact) mass is 581 g/mol. The van der Waals surface area contributed by atoms with E-state index in [-0.39, 0.29) is 45.3 Å². The van der Waals surface area contributed by atoms with Crippen molar-refractivity contribution in [2.24, 2.45) is 5.16 Å². The maximum absolute atomic E-state index is 14.2. The Labute approximate surface area is 222 Å². The fraction of sp³-hybridized carbons (Fsp3) is 0.375. The van der Waals surface area contributed by atoms with Gasteiger partial charge in [0, 0.05) is 27.6 Å². The first kappa shape index (κ1) is 28.0. The zero-order valence-corrected chi connectivity index (χ0v) is 21.0. The van der Waals surface area contributed by atoms with Crippen molar-refractivity contribution in [3.63, 3.8) is 0 Å². The molecular weight excluding hydrogens is 563 g/mol. The molecule has 2 N–H and O–H groups in total. The van der Waals surface area contributed by atoms with Crippen molar-refractivity contribution in [1.82, 2.24) is 10.6 Å². The van der Waals surface area contributed by atoms with Gasteiger partial charge in [0.1, 0.15) is 12.1 Å². The third-order valence-corrected chi connectivity index (χ3v) is 6.74. The Kier molecular flexibility index (Phi) is 7.11. The minimum atomic E-state index is -4.88. The fourth-order valence-corrected chi connectivity index (χ4v) is 4.64. The Bertz CT molecular complexity index is 1300. The third-order valence-electron chi connectivity index (χ3n) is 6.31. The predicted octanol–water partition coefficient (Wildman–Crippen LogP) is 5.82. The van der Waals surface area contributed by atoms with Crippen LogP contribution < -0.4 is 10.6 Å². The van der Waals surface area contributed by atoms with Crippen LogP contribution in [0.25, 0.3) is 0 Å². The number of nitrogens with one attached hydrogen (secondary N) is 2. The van der Waals surface area contributed by atoms with Gasteiger partial charge in [0.15, 0.2) is 0 Å². The highest BCUT2D eigenvalue weighted by Gasteiger charge is 2.62. The minimum absolute atomic E-state index is 0.0140. The smallest absolute Gasteiger partial charge is 0.374 e. The predicted molar refractivity (Wildman–Crippen MR) is 126 cm³/mol. The van der Waals surface area contributed by atoms with E-state index in [1.807, 2.05) is 0 Å². The van der Waals surface area contributed by atoms with Gasteiger partial charge in [-0.1, -0.05) is 34.4 Å². The number of nitrogens with zero attached hydrogens (tertiary/aromatic N) is 1. The lowest BCUT2D eigenvalue weighted by atomic mass is 9.86. The number of alkyl halides is 6. The Balaban J connectivity index is 1.52. The molecule has 0 radical (unpaired) electrons. The van der Waals surface area contributed by atoms with Crippen LogP contribution in [0.15, 0.2) is 41.6 Å². The average Bonchev–Trinajstić information content (AvgIpc) is 3.41. The largest absolute Gasteiger partial charge is 0.435 e. The first-order valence-corrected chi connectivity index (χ1v) is 11.9. The van der Waals surface area contributed by atoms with E-state index in [1.54, 1.807) is 5.32 Å². The molecule has 1 saturated carbocycles. The maximum Gasteiger partial charge on any atom is 0.435 e. The quantitative estimate of drug-likeness (QED) is 0.422. The number of halogens is 8. The molecule has 14 heteroatoms. The van der Waals surface area contributed by atoms with Gasteiger partial charge in [-0.25, -0.2) is 0 Å². The van der Waals surface area contributed by atoms with E-state index in [2.05, 4.69) is 10.5 Å². The summed E-state index contributed by atoms with van der Waals surface area (Å²) in [6.45, 7) is -0.00595. The Morgan fingerprint density at radius 3 is 2.18 bits per heavy atom. The second-order valence-electron chi connectivity index (χ2n) is 9.15. The molecule has 1 atom stereocenters. The summed E-state index contributed by atoms with van der Waals surface area (Å²) in [5, 5.41) is 7.88. The van der Waals surface area contributed by atoms with Crippen LogP contribution in [0.1, 0.15) is 46.3 Å². The number of rotatable bonds is 6. The molecule has 1 aliphatic heterocycles. The average molecular weight is 582 g/mol. The highest BCUT2D eigenvalue weighted by atomic mass is 35.5. The zero-order valence-electron chi connectivity index (χ0n) is 19.5. The number of hydrogen-bond donors (Lipinski definition) is 2. The van der Waals surface area contributed by atoms with Gasteiger partial charge in [-0.15, -0.1) is 0 Å². The lowest BCUT2D eigenvalue weighted by Gasteiger charge is -2.29. The van der Waals surface area contributed by atoms with Gasteiger partial charge in [0.2, 0.25) is 5.91 Å². The van der Waals surface area contributed by atoms with Crippen molar-refractivity contribution in [2.45, 2.75) is 49.7 Å². The van der Waals surface area contributed by atoms with Crippen molar-refractivity contribution in [3.8, 4) is 0 Å². The van der Waals surface area contributed by atoms with E-state index in [0.29, 0.717) is 5.56 Å². The van der Waals surface area contributed by atoms with Crippen molar-refractivity contribution < 1.29 is 40.8 Å². The molecular formula is C24H19Cl2F6N3O3. The van der Waals surface area contributed by atoms with Crippen LogP contribution in [-0.4, -0.2) is 42.0 Å². The highest BCUT2D eigenvalue weighted by molar-refractivity contribution is 6.34. The van der Waals surface area contributed by atoms with E-state index in [1.165, 1.54) is 31.2 Å². The van der Waals surface area contributed by atoms with Gasteiger partial charge in [-0.3, -0.25) is 9.59 Å². The summed E-state index contributed by atoms with van der Waals surface area (Å²) in [5.74, 6) is -1.66. The minimum Gasteiger partial charge on any atom is -0.374 e. The summed E-state index contributed by atoms with van der Waals surface area (Å²) in [5.41, 5.74) is -3.96. The fourth-order valence-electron chi connectivity index (χ4n) is 4.11. The van der Waals surface area contributed by atoms with Crippen LogP contribution >= 0.6 is 23.2 Å². The molecule has 4 rings (SSSR count). The number of carbonyl (C=O) groups is 2. The second kappa shape index (κ2) is 9.64. The molecule has 1 unspecified atom stereocenters. The van der Waals surface area contributed by atoms with Gasteiger partial charge in [0.05, 0.1) is 5.71 Å². The van der Waals surface area contributed by atoms with Gasteiger partial charge in [0.25, 0.3) is 11.5 Å². The van der Waals surface area contributed by atoms with Crippen molar-refractivity contribution >= 4 is 40.7 Å². The summed E-state index contributed by atoms with van der Waals surface area (Å²) < 4.78 is 79.9. The van der Waals surface area contributed by atoms with Crippen LogP contribution in [0.3, 0.4) is 0 Å². The Morgan fingerprint density at radius 1 is 1.03 bits per heavy atom. The molecule has 1 fully saturated rings. The third kappa shape index (κ3) is 5.56. The van der Waals surface area contributed by atoms with Crippen LogP contribution in [0.4, 0.5) is 26.3 Å². The highest BCUT2D eigenvalue weighted by Crippen LogP contribution is 2.49. The molecule has 0 spiro atoms. The summed E-state index contributed by atoms with van der Waals surface area (Å²) in [7, 11) is 0. The number of carbonyl (C=O) groups excluding carboxylic acids is 2. The molecule has 2 aliphatic rings. The molecule has 0 saturated heterocycles. The summed E-state index contributed by atoms with van der Waals surface area (Å²) in [4.78, 5) is 30.0. The normalized spacial score (nSPS) is 20.4. The van der Waals surface area contributed by atoms with Crippen LogP contribution in [0, 0.1) is 6.92 Å². The number of hydrogen-bond acceptors (Lipinski definition) is 4. The molecule has 2 aromatic carbocycles. The van der Waals surface area contributed by atoms with Crippen molar-refractivity contribution in [2.75, 3.05) is 6.54 Å². The first-order valence-electron chi connectivity index (χ1n) is 11.1. The Hall–Kier alpha value is -2.99. The Morgan fingerprint density at radius 2 is 1.66 bits per heavy atom. The van der Waals surface area contributed by atoms with Gasteiger partial charge >= 0.3 is 12.4 Å². The number of oxime groups is 1. The molecule has 2 aromatic rings. The van der Waals surface area contributed by atoms with E-state index < -0.39 is 48.3 Å². The van der Waals surface area contributed by atoms with Crippen LogP contribution in [-0.2, 0) is 15.2 Å². The molecule has 1 heterocycles.